The van der Waals surface area contributed by atoms with E-state index in [0.717, 1.165) is 53.7 Å². The Morgan fingerprint density at radius 3 is 2.38 bits per heavy atom. The molecule has 0 fully saturated rings. The van der Waals surface area contributed by atoms with Crippen LogP contribution in [0.4, 0.5) is 0 Å². The van der Waals surface area contributed by atoms with Crippen molar-refractivity contribution in [3.63, 3.8) is 0 Å². The molecule has 0 radical (unpaired) electrons. The molecule has 1 atom stereocenters. The van der Waals surface area contributed by atoms with Crippen LogP contribution in [0.2, 0.25) is 0 Å². The lowest BCUT2D eigenvalue weighted by molar-refractivity contribution is -0.757. The fourth-order valence-electron chi connectivity index (χ4n) is 9.08. The van der Waals surface area contributed by atoms with E-state index in [9.17, 15) is 0 Å². The minimum Gasteiger partial charge on any atom is -0.313 e. The van der Waals surface area contributed by atoms with Crippen molar-refractivity contribution >= 4 is 62.6 Å². The van der Waals surface area contributed by atoms with Gasteiger partial charge in [0.25, 0.3) is 0 Å². The number of pyridine rings is 1. The van der Waals surface area contributed by atoms with E-state index >= 15 is 4.57 Å². The number of benzene rings is 5. The fraction of sp³-hybridized carbons (Fsp3) is 0.213. The first-order chi connectivity index (χ1) is 25.4. The zero-order valence-electron chi connectivity index (χ0n) is 30.4. The molecule has 0 N–H and O–H groups in total. The van der Waals surface area contributed by atoms with E-state index in [-0.39, 0.29) is 5.54 Å². The Hall–Kier alpha value is -4.63. The quantitative estimate of drug-likeness (QED) is 0.0933. The zero-order valence-corrected chi connectivity index (χ0v) is 32.1. The molecule has 52 heavy (non-hydrogen) atoms. The highest BCUT2D eigenvalue weighted by Gasteiger charge is 2.45. The number of allylic oxidation sites excluding steroid dienone is 1. The molecule has 3 heterocycles. The van der Waals surface area contributed by atoms with Crippen molar-refractivity contribution in [3.05, 3.63) is 150 Å². The third-order valence-electron chi connectivity index (χ3n) is 11.9. The summed E-state index contributed by atoms with van der Waals surface area (Å²) >= 11 is 1.79. The van der Waals surface area contributed by atoms with E-state index < -0.39 is 7.14 Å². The highest BCUT2D eigenvalue weighted by Crippen LogP contribution is 2.46. The molecular formula is C47H44N2OPS+. The molecule has 2 aromatic heterocycles. The molecule has 7 aromatic rings. The number of thioether (sulfide) groups is 1. The predicted molar refractivity (Wildman–Crippen MR) is 222 cm³/mol. The number of aromatic nitrogens is 2. The van der Waals surface area contributed by atoms with Crippen molar-refractivity contribution in [1.82, 2.24) is 4.57 Å². The summed E-state index contributed by atoms with van der Waals surface area (Å²) in [5.41, 5.74) is 9.95. The second-order valence-corrected chi connectivity index (χ2v) is 18.1. The van der Waals surface area contributed by atoms with Crippen LogP contribution in [0.5, 0.6) is 0 Å². The molecule has 2 aliphatic rings. The maximum absolute atomic E-state index is 16.3. The van der Waals surface area contributed by atoms with E-state index in [1.54, 1.807) is 11.8 Å². The normalized spacial score (nSPS) is 15.6. The Bertz CT molecular complexity index is 2610. The Labute approximate surface area is 311 Å². The second kappa shape index (κ2) is 12.8. The van der Waals surface area contributed by atoms with Gasteiger partial charge in [-0.25, -0.2) is 0 Å². The highest BCUT2D eigenvalue weighted by atomic mass is 32.2. The van der Waals surface area contributed by atoms with Gasteiger partial charge in [-0.2, -0.15) is 4.57 Å². The number of fused-ring (bicyclic) bond motifs is 8. The van der Waals surface area contributed by atoms with Crippen LogP contribution >= 0.6 is 18.9 Å². The van der Waals surface area contributed by atoms with Gasteiger partial charge in [0, 0.05) is 68.5 Å². The standard InChI is InChI=1S/C47H44N2OPS/c1-5-47(6-2)31-34-23-24-38(29-41(34)46-39-20-11-10-15-33(39)25-26-48(46)47)51(50,36-17-8-7-9-18-36)37-19-14-16-35(28-37)49-43-22-13-12-21-40(43)42-27-32(3)45(52-4)30-44(42)49/h7-12,14-21,23-30H,5-6,13,22,31H2,1-4H3/q+1. The molecule has 0 spiro atoms. The topological polar surface area (TPSA) is 25.9 Å². The zero-order chi connectivity index (χ0) is 35.6. The van der Waals surface area contributed by atoms with E-state index in [2.05, 4.69) is 152 Å². The lowest BCUT2D eigenvalue weighted by Crippen LogP contribution is -2.60. The molecule has 5 heteroatoms. The molecule has 5 aromatic carbocycles. The van der Waals surface area contributed by atoms with Crippen LogP contribution in [0, 0.1) is 6.92 Å². The minimum absolute atomic E-state index is 0.00606. The number of rotatable bonds is 7. The largest absolute Gasteiger partial charge is 0.313 e. The second-order valence-electron chi connectivity index (χ2n) is 14.5. The summed E-state index contributed by atoms with van der Waals surface area (Å²) in [7, 11) is -3.32. The molecule has 1 aliphatic carbocycles. The summed E-state index contributed by atoms with van der Waals surface area (Å²) in [6.45, 7) is 6.84. The van der Waals surface area contributed by atoms with E-state index in [4.69, 9.17) is 0 Å². The first kappa shape index (κ1) is 33.2. The molecule has 0 saturated heterocycles. The Kier molecular flexibility index (Phi) is 8.17. The van der Waals surface area contributed by atoms with Gasteiger partial charge in [0.15, 0.2) is 18.9 Å². The molecule has 0 bridgehead atoms. The molecule has 3 nitrogen and oxygen atoms in total. The van der Waals surface area contributed by atoms with Gasteiger partial charge < -0.3 is 9.13 Å². The highest BCUT2D eigenvalue weighted by molar-refractivity contribution is 7.98. The van der Waals surface area contributed by atoms with Crippen molar-refractivity contribution in [2.75, 3.05) is 6.26 Å². The van der Waals surface area contributed by atoms with Crippen LogP contribution in [-0.2, 0) is 22.9 Å². The smallest absolute Gasteiger partial charge is 0.221 e. The number of hydrogen-bond acceptors (Lipinski definition) is 2. The maximum Gasteiger partial charge on any atom is 0.221 e. The maximum atomic E-state index is 16.3. The number of hydrogen-bond donors (Lipinski definition) is 0. The van der Waals surface area contributed by atoms with Gasteiger partial charge in [-0.3, -0.25) is 0 Å². The number of aryl methyl sites for hydroxylation is 1. The lowest BCUT2D eigenvalue weighted by atomic mass is 9.78. The van der Waals surface area contributed by atoms with Gasteiger partial charge in [0.05, 0.1) is 16.5 Å². The first-order valence-corrected chi connectivity index (χ1v) is 21.6. The van der Waals surface area contributed by atoms with Crippen molar-refractivity contribution in [2.45, 2.75) is 63.3 Å². The van der Waals surface area contributed by atoms with Crippen molar-refractivity contribution < 1.29 is 9.13 Å². The Morgan fingerprint density at radius 1 is 0.808 bits per heavy atom. The van der Waals surface area contributed by atoms with Crippen molar-refractivity contribution in [3.8, 4) is 16.9 Å². The SMILES string of the molecule is CCC1(CC)Cc2ccc(P(=O)(c3ccccc3)c3cccc(-n4c5c(c6cc(C)c(SC)cc64)C=CCC5)c3)cc2-c2c3ccccc3cc[n+]21. The summed E-state index contributed by atoms with van der Waals surface area (Å²) in [6, 6.07) is 41.2. The third kappa shape index (κ3) is 4.95. The van der Waals surface area contributed by atoms with E-state index in [1.165, 1.54) is 60.2 Å². The molecule has 0 amide bonds. The van der Waals surface area contributed by atoms with Gasteiger partial charge in [-0.05, 0) is 78.9 Å². The molecule has 1 unspecified atom stereocenters. The monoisotopic (exact) mass is 715 g/mol. The average molecular weight is 716 g/mol. The van der Waals surface area contributed by atoms with Gasteiger partial charge in [0.2, 0.25) is 5.69 Å². The van der Waals surface area contributed by atoms with Crippen LogP contribution in [0.15, 0.2) is 132 Å². The van der Waals surface area contributed by atoms with Crippen LogP contribution < -0.4 is 20.5 Å². The molecular weight excluding hydrogens is 672 g/mol. The summed E-state index contributed by atoms with van der Waals surface area (Å²) < 4.78 is 21.3. The Morgan fingerprint density at radius 2 is 1.58 bits per heavy atom. The van der Waals surface area contributed by atoms with Crippen molar-refractivity contribution in [2.24, 2.45) is 0 Å². The van der Waals surface area contributed by atoms with E-state index in [1.807, 2.05) is 18.2 Å². The summed E-state index contributed by atoms with van der Waals surface area (Å²) in [6.07, 6.45) is 14.1. The van der Waals surface area contributed by atoms with Gasteiger partial charge >= 0.3 is 0 Å². The van der Waals surface area contributed by atoms with Crippen molar-refractivity contribution in [1.29, 1.82) is 0 Å². The lowest BCUT2D eigenvalue weighted by Gasteiger charge is -2.34. The molecule has 0 saturated carbocycles. The van der Waals surface area contributed by atoms with Gasteiger partial charge in [-0.15, -0.1) is 11.8 Å². The summed E-state index contributed by atoms with van der Waals surface area (Å²) in [4.78, 5) is 1.29. The summed E-state index contributed by atoms with van der Waals surface area (Å²) in [5, 5.41) is 6.33. The number of nitrogens with zero attached hydrogens (tertiary/aromatic N) is 2. The van der Waals surface area contributed by atoms with E-state index in [0.29, 0.717) is 0 Å². The van der Waals surface area contributed by atoms with Gasteiger partial charge in [0.1, 0.15) is 0 Å². The van der Waals surface area contributed by atoms with Crippen LogP contribution in [-0.4, -0.2) is 10.8 Å². The van der Waals surface area contributed by atoms with Gasteiger partial charge in [-0.1, -0.05) is 98.8 Å². The fourth-order valence-corrected chi connectivity index (χ4v) is 12.4. The van der Waals surface area contributed by atoms with Crippen LogP contribution in [0.25, 0.3) is 44.7 Å². The first-order valence-electron chi connectivity index (χ1n) is 18.6. The van der Waals surface area contributed by atoms with Crippen LogP contribution in [0.1, 0.15) is 55.5 Å². The average Bonchev–Trinajstić information content (AvgIpc) is 3.52. The third-order valence-corrected chi connectivity index (χ3v) is 15.9. The minimum atomic E-state index is -3.32. The molecule has 1 aliphatic heterocycles. The predicted octanol–water partition coefficient (Wildman–Crippen LogP) is 10.4. The molecule has 258 valence electrons. The molecule has 9 rings (SSSR count). The van der Waals surface area contributed by atoms with Crippen LogP contribution in [0.3, 0.4) is 0 Å². The summed E-state index contributed by atoms with van der Waals surface area (Å²) in [5.74, 6) is 0. The Balaban J connectivity index is 1.28.